The monoisotopic (exact) mass is 315 g/mol. The van der Waals surface area contributed by atoms with Gasteiger partial charge in [-0.1, -0.05) is 0 Å². The molecule has 0 fully saturated rings. The predicted octanol–water partition coefficient (Wildman–Crippen LogP) is 0.989. The summed E-state index contributed by atoms with van der Waals surface area (Å²) < 4.78 is 37.6. The largest absolute Gasteiger partial charge is 0.490 e. The molecule has 0 bridgehead atoms. The third-order valence-corrected chi connectivity index (χ3v) is 4.45. The lowest BCUT2D eigenvalue weighted by Gasteiger charge is -2.14. The summed E-state index contributed by atoms with van der Waals surface area (Å²) in [5.41, 5.74) is 0. The first-order chi connectivity index (χ1) is 9.88. The molecule has 116 valence electrons. The molecule has 7 nitrogen and oxygen atoms in total. The number of aliphatic carboxylic acids is 1. The van der Waals surface area contributed by atoms with E-state index in [0.717, 1.165) is 6.42 Å². The maximum Gasteiger partial charge on any atom is 0.304 e. The Morgan fingerprint density at radius 3 is 2.67 bits per heavy atom. The third-order valence-electron chi connectivity index (χ3n) is 2.87. The highest BCUT2D eigenvalue weighted by Crippen LogP contribution is 2.31. The van der Waals surface area contributed by atoms with Crippen molar-refractivity contribution in [2.75, 3.05) is 13.2 Å². The summed E-state index contributed by atoms with van der Waals surface area (Å²) in [6.07, 6.45) is 0.439. The van der Waals surface area contributed by atoms with Gasteiger partial charge in [-0.05, 0) is 19.1 Å². The summed E-state index contributed by atoms with van der Waals surface area (Å²) in [5, 5.41) is 8.67. The van der Waals surface area contributed by atoms with Crippen LogP contribution in [0.5, 0.6) is 11.5 Å². The third kappa shape index (κ3) is 4.08. The lowest BCUT2D eigenvalue weighted by molar-refractivity contribution is -0.137. The number of ether oxygens (including phenoxy) is 2. The number of fused-ring (bicyclic) bond motifs is 1. The van der Waals surface area contributed by atoms with Gasteiger partial charge in [0.05, 0.1) is 24.5 Å². The molecule has 1 heterocycles. The van der Waals surface area contributed by atoms with Gasteiger partial charge in [0, 0.05) is 18.5 Å². The number of hydrogen-bond donors (Lipinski definition) is 2. The summed E-state index contributed by atoms with van der Waals surface area (Å²) in [5.74, 6) is -0.185. The molecule has 2 rings (SSSR count). The summed E-state index contributed by atoms with van der Waals surface area (Å²) >= 11 is 0. The van der Waals surface area contributed by atoms with Gasteiger partial charge in [-0.25, -0.2) is 13.1 Å². The molecular weight excluding hydrogens is 298 g/mol. The molecular formula is C13H17NO6S. The molecule has 8 heteroatoms. The maximum absolute atomic E-state index is 12.2. The molecule has 2 N–H and O–H groups in total. The summed E-state index contributed by atoms with van der Waals surface area (Å²) in [6, 6.07) is 3.63. The normalized spacial score (nSPS) is 16.0. The predicted molar refractivity (Wildman–Crippen MR) is 74.1 cm³/mol. The minimum atomic E-state index is -3.80. The van der Waals surface area contributed by atoms with E-state index in [1.54, 1.807) is 0 Å². The highest BCUT2D eigenvalue weighted by atomic mass is 32.2. The van der Waals surface area contributed by atoms with Crippen LogP contribution in [0.15, 0.2) is 23.1 Å². The molecule has 0 spiro atoms. The average molecular weight is 315 g/mol. The Morgan fingerprint density at radius 2 is 2.00 bits per heavy atom. The van der Waals surface area contributed by atoms with Gasteiger partial charge in [0.1, 0.15) is 0 Å². The van der Waals surface area contributed by atoms with Gasteiger partial charge < -0.3 is 14.6 Å². The number of carboxylic acid groups (broad SMARTS) is 1. The van der Waals surface area contributed by atoms with E-state index >= 15 is 0 Å². The number of carboxylic acids is 1. The Morgan fingerprint density at radius 1 is 1.33 bits per heavy atom. The van der Waals surface area contributed by atoms with Gasteiger partial charge >= 0.3 is 5.97 Å². The second-order valence-corrected chi connectivity index (χ2v) is 6.49. The summed E-state index contributed by atoms with van der Waals surface area (Å²) in [7, 11) is -3.80. The minimum absolute atomic E-state index is 0.0176. The SMILES string of the molecule is CC(CC(=O)O)NS(=O)(=O)c1ccc2c(c1)OCCCO2. The number of carbonyl (C=O) groups is 1. The van der Waals surface area contributed by atoms with Crippen LogP contribution in [0.1, 0.15) is 19.8 Å². The van der Waals surface area contributed by atoms with Gasteiger partial charge in [-0.2, -0.15) is 0 Å². The zero-order chi connectivity index (χ0) is 15.5. The minimum Gasteiger partial charge on any atom is -0.490 e. The first-order valence-corrected chi connectivity index (χ1v) is 8.00. The molecule has 1 aromatic carbocycles. The van der Waals surface area contributed by atoms with Crippen LogP contribution in [0.25, 0.3) is 0 Å². The molecule has 1 aliphatic heterocycles. The van der Waals surface area contributed by atoms with E-state index in [0.29, 0.717) is 24.7 Å². The molecule has 0 saturated heterocycles. The molecule has 0 aromatic heterocycles. The summed E-state index contributed by atoms with van der Waals surface area (Å²) in [4.78, 5) is 10.6. The lowest BCUT2D eigenvalue weighted by Crippen LogP contribution is -2.34. The number of hydrogen-bond acceptors (Lipinski definition) is 5. The van der Waals surface area contributed by atoms with E-state index in [9.17, 15) is 13.2 Å². The van der Waals surface area contributed by atoms with Crippen molar-refractivity contribution in [2.45, 2.75) is 30.7 Å². The van der Waals surface area contributed by atoms with Crippen LogP contribution in [0, 0.1) is 0 Å². The van der Waals surface area contributed by atoms with Gasteiger partial charge in [-0.15, -0.1) is 0 Å². The highest BCUT2D eigenvalue weighted by Gasteiger charge is 2.21. The van der Waals surface area contributed by atoms with Gasteiger partial charge in [0.25, 0.3) is 0 Å². The van der Waals surface area contributed by atoms with Crippen LogP contribution in [-0.2, 0) is 14.8 Å². The Kier molecular flexibility index (Phi) is 4.69. The molecule has 1 aliphatic rings. The molecule has 0 aliphatic carbocycles. The number of nitrogens with one attached hydrogen (secondary N) is 1. The van der Waals surface area contributed by atoms with E-state index in [1.165, 1.54) is 25.1 Å². The van der Waals surface area contributed by atoms with Crippen molar-refractivity contribution in [3.8, 4) is 11.5 Å². The first-order valence-electron chi connectivity index (χ1n) is 6.52. The quantitative estimate of drug-likeness (QED) is 0.840. The fourth-order valence-corrected chi connectivity index (χ4v) is 3.21. The van der Waals surface area contributed by atoms with E-state index in [4.69, 9.17) is 14.6 Å². The molecule has 0 saturated carbocycles. The van der Waals surface area contributed by atoms with Gasteiger partial charge in [0.2, 0.25) is 10.0 Å². The Labute approximate surface area is 122 Å². The Bertz CT molecular complexity index is 628. The van der Waals surface area contributed by atoms with Crippen molar-refractivity contribution in [2.24, 2.45) is 0 Å². The zero-order valence-corrected chi connectivity index (χ0v) is 12.4. The Balaban J connectivity index is 2.20. The average Bonchev–Trinajstić information content (AvgIpc) is 2.60. The van der Waals surface area contributed by atoms with Crippen LogP contribution in [0.2, 0.25) is 0 Å². The number of sulfonamides is 1. The highest BCUT2D eigenvalue weighted by molar-refractivity contribution is 7.89. The fraction of sp³-hybridized carbons (Fsp3) is 0.462. The first kappa shape index (κ1) is 15.6. The van der Waals surface area contributed by atoms with Gasteiger partial charge in [-0.3, -0.25) is 4.79 Å². The Hall–Kier alpha value is -1.80. The molecule has 1 aromatic rings. The van der Waals surface area contributed by atoms with E-state index < -0.39 is 22.0 Å². The van der Waals surface area contributed by atoms with E-state index in [2.05, 4.69) is 4.72 Å². The van der Waals surface area contributed by atoms with Crippen molar-refractivity contribution in [1.82, 2.24) is 4.72 Å². The topological polar surface area (TPSA) is 102 Å². The smallest absolute Gasteiger partial charge is 0.304 e. The summed E-state index contributed by atoms with van der Waals surface area (Å²) in [6.45, 7) is 2.47. The molecule has 21 heavy (non-hydrogen) atoms. The fourth-order valence-electron chi connectivity index (χ4n) is 1.95. The zero-order valence-electron chi connectivity index (χ0n) is 11.5. The van der Waals surface area contributed by atoms with Crippen LogP contribution in [0.3, 0.4) is 0 Å². The van der Waals surface area contributed by atoms with Crippen molar-refractivity contribution in [3.63, 3.8) is 0 Å². The molecule has 0 amide bonds. The molecule has 1 atom stereocenters. The van der Waals surface area contributed by atoms with Crippen molar-refractivity contribution in [1.29, 1.82) is 0 Å². The van der Waals surface area contributed by atoms with Crippen molar-refractivity contribution < 1.29 is 27.8 Å². The number of benzene rings is 1. The standard InChI is InChI=1S/C13H17NO6S/c1-9(7-13(15)16)14-21(17,18)10-3-4-11-12(8-10)20-6-2-5-19-11/h3-4,8-9,14H,2,5-7H2,1H3,(H,15,16). The van der Waals surface area contributed by atoms with Crippen LogP contribution < -0.4 is 14.2 Å². The van der Waals surface area contributed by atoms with E-state index in [-0.39, 0.29) is 11.3 Å². The van der Waals surface area contributed by atoms with Crippen molar-refractivity contribution >= 4 is 16.0 Å². The van der Waals surface area contributed by atoms with E-state index in [1.807, 2.05) is 0 Å². The second kappa shape index (κ2) is 6.31. The maximum atomic E-state index is 12.2. The number of rotatable bonds is 5. The lowest BCUT2D eigenvalue weighted by atomic mass is 10.3. The second-order valence-electron chi connectivity index (χ2n) is 4.78. The van der Waals surface area contributed by atoms with Crippen LogP contribution in [0.4, 0.5) is 0 Å². The van der Waals surface area contributed by atoms with Crippen LogP contribution >= 0.6 is 0 Å². The molecule has 0 radical (unpaired) electrons. The van der Waals surface area contributed by atoms with Crippen LogP contribution in [-0.4, -0.2) is 38.7 Å². The van der Waals surface area contributed by atoms with Gasteiger partial charge in [0.15, 0.2) is 11.5 Å². The van der Waals surface area contributed by atoms with Crippen molar-refractivity contribution in [3.05, 3.63) is 18.2 Å². The molecule has 1 unspecified atom stereocenters.